The van der Waals surface area contributed by atoms with Crippen LogP contribution in [0, 0.1) is 11.8 Å². The fourth-order valence-corrected chi connectivity index (χ4v) is 3.57. The lowest BCUT2D eigenvalue weighted by molar-refractivity contribution is 0.0369. The Morgan fingerprint density at radius 2 is 1.89 bits per heavy atom. The maximum Gasteiger partial charge on any atom is 0.0331 e. The van der Waals surface area contributed by atoms with E-state index in [2.05, 4.69) is 32.6 Å². The van der Waals surface area contributed by atoms with Gasteiger partial charge in [-0.2, -0.15) is 0 Å². The van der Waals surface area contributed by atoms with Crippen molar-refractivity contribution in [2.24, 2.45) is 17.6 Å². The summed E-state index contributed by atoms with van der Waals surface area (Å²) in [5.74, 6) is 1.70. The van der Waals surface area contributed by atoms with Crippen molar-refractivity contribution in [1.82, 2.24) is 4.90 Å². The SMILES string of the molecule is CCCC(C)CN(CC)C1(CN)CCC(C)CC1. The highest BCUT2D eigenvalue weighted by molar-refractivity contribution is 4.95. The molecular formula is C16H34N2. The summed E-state index contributed by atoms with van der Waals surface area (Å²) in [6, 6.07) is 0. The van der Waals surface area contributed by atoms with Crippen LogP contribution in [-0.2, 0) is 0 Å². The first kappa shape index (κ1) is 16.0. The number of hydrogen-bond acceptors (Lipinski definition) is 2. The minimum atomic E-state index is 0.309. The van der Waals surface area contributed by atoms with E-state index in [4.69, 9.17) is 5.73 Å². The van der Waals surface area contributed by atoms with Crippen LogP contribution in [0.4, 0.5) is 0 Å². The molecule has 0 aromatic carbocycles. The Balaban J connectivity index is 2.64. The molecule has 1 unspecified atom stereocenters. The maximum absolute atomic E-state index is 6.17. The van der Waals surface area contributed by atoms with Gasteiger partial charge in [-0.15, -0.1) is 0 Å². The largest absolute Gasteiger partial charge is 0.329 e. The van der Waals surface area contributed by atoms with Gasteiger partial charge >= 0.3 is 0 Å². The summed E-state index contributed by atoms with van der Waals surface area (Å²) >= 11 is 0. The van der Waals surface area contributed by atoms with E-state index in [1.807, 2.05) is 0 Å². The van der Waals surface area contributed by atoms with Crippen molar-refractivity contribution in [3.05, 3.63) is 0 Å². The van der Waals surface area contributed by atoms with Crippen LogP contribution >= 0.6 is 0 Å². The molecule has 0 saturated heterocycles. The van der Waals surface area contributed by atoms with Crippen LogP contribution in [-0.4, -0.2) is 30.1 Å². The lowest BCUT2D eigenvalue weighted by Crippen LogP contribution is -2.56. The standard InChI is InChI=1S/C16H34N2/c1-5-7-15(4)12-18(6-2)16(13-17)10-8-14(3)9-11-16/h14-15H,5-13,17H2,1-4H3. The van der Waals surface area contributed by atoms with Crippen molar-refractivity contribution in [3.63, 3.8) is 0 Å². The molecule has 2 heteroatoms. The van der Waals surface area contributed by atoms with Crippen LogP contribution in [0.15, 0.2) is 0 Å². The third-order valence-electron chi connectivity index (χ3n) is 4.95. The lowest BCUT2D eigenvalue weighted by atomic mass is 9.75. The topological polar surface area (TPSA) is 29.3 Å². The van der Waals surface area contributed by atoms with Gasteiger partial charge < -0.3 is 5.73 Å². The van der Waals surface area contributed by atoms with Gasteiger partial charge in [0, 0.05) is 18.6 Å². The molecule has 0 bridgehead atoms. The molecule has 1 aliphatic carbocycles. The number of rotatable bonds is 7. The molecule has 1 saturated carbocycles. The van der Waals surface area contributed by atoms with Gasteiger partial charge in [0.1, 0.15) is 0 Å². The Morgan fingerprint density at radius 3 is 2.33 bits per heavy atom. The highest BCUT2D eigenvalue weighted by Gasteiger charge is 2.37. The Morgan fingerprint density at radius 1 is 1.28 bits per heavy atom. The minimum Gasteiger partial charge on any atom is -0.329 e. The lowest BCUT2D eigenvalue weighted by Gasteiger charge is -2.48. The van der Waals surface area contributed by atoms with E-state index in [0.717, 1.165) is 24.9 Å². The molecule has 0 amide bonds. The predicted octanol–water partition coefficient (Wildman–Crippen LogP) is 3.65. The third kappa shape index (κ3) is 3.96. The number of likely N-dealkylation sites (N-methyl/N-ethyl adjacent to an activating group) is 1. The van der Waals surface area contributed by atoms with Gasteiger partial charge in [-0.25, -0.2) is 0 Å². The summed E-state index contributed by atoms with van der Waals surface area (Å²) in [5, 5.41) is 0. The molecular weight excluding hydrogens is 220 g/mol. The van der Waals surface area contributed by atoms with Gasteiger partial charge in [-0.1, -0.05) is 34.1 Å². The second-order valence-electron chi connectivity index (χ2n) is 6.54. The third-order valence-corrected chi connectivity index (χ3v) is 4.95. The van der Waals surface area contributed by atoms with Crippen molar-refractivity contribution < 1.29 is 0 Å². The number of nitrogens with zero attached hydrogens (tertiary/aromatic N) is 1. The quantitative estimate of drug-likeness (QED) is 0.751. The summed E-state index contributed by atoms with van der Waals surface area (Å²) < 4.78 is 0. The Hall–Kier alpha value is -0.0800. The first-order chi connectivity index (χ1) is 8.57. The molecule has 18 heavy (non-hydrogen) atoms. The summed E-state index contributed by atoms with van der Waals surface area (Å²) in [5.41, 5.74) is 6.48. The smallest absolute Gasteiger partial charge is 0.0331 e. The molecule has 2 nitrogen and oxygen atoms in total. The molecule has 108 valence electrons. The first-order valence-corrected chi connectivity index (χ1v) is 8.03. The van der Waals surface area contributed by atoms with Gasteiger partial charge in [0.25, 0.3) is 0 Å². The Kier molecular flexibility index (Phi) is 6.65. The molecule has 1 atom stereocenters. The Bertz CT molecular complexity index is 219. The van der Waals surface area contributed by atoms with E-state index in [1.165, 1.54) is 45.1 Å². The highest BCUT2D eigenvalue weighted by Crippen LogP contribution is 2.36. The van der Waals surface area contributed by atoms with Crippen LogP contribution in [0.3, 0.4) is 0 Å². The van der Waals surface area contributed by atoms with Crippen LogP contribution in [0.5, 0.6) is 0 Å². The predicted molar refractivity (Wildman–Crippen MR) is 80.7 cm³/mol. The highest BCUT2D eigenvalue weighted by atomic mass is 15.2. The van der Waals surface area contributed by atoms with E-state index in [0.29, 0.717) is 5.54 Å². The van der Waals surface area contributed by atoms with Gasteiger partial charge in [0.05, 0.1) is 0 Å². The van der Waals surface area contributed by atoms with Crippen molar-refractivity contribution in [2.75, 3.05) is 19.6 Å². The van der Waals surface area contributed by atoms with E-state index in [9.17, 15) is 0 Å². The number of hydrogen-bond donors (Lipinski definition) is 1. The van der Waals surface area contributed by atoms with Crippen LogP contribution < -0.4 is 5.73 Å². The maximum atomic E-state index is 6.17. The zero-order valence-electron chi connectivity index (χ0n) is 13.0. The monoisotopic (exact) mass is 254 g/mol. The van der Waals surface area contributed by atoms with E-state index < -0.39 is 0 Å². The van der Waals surface area contributed by atoms with E-state index in [1.54, 1.807) is 0 Å². The molecule has 0 heterocycles. The molecule has 0 aliphatic heterocycles. The van der Waals surface area contributed by atoms with E-state index >= 15 is 0 Å². The van der Waals surface area contributed by atoms with Crippen molar-refractivity contribution in [1.29, 1.82) is 0 Å². The van der Waals surface area contributed by atoms with Crippen LogP contribution in [0.2, 0.25) is 0 Å². The van der Waals surface area contributed by atoms with Crippen LogP contribution in [0.25, 0.3) is 0 Å². The summed E-state index contributed by atoms with van der Waals surface area (Å²) in [7, 11) is 0. The summed E-state index contributed by atoms with van der Waals surface area (Å²) in [4.78, 5) is 2.69. The summed E-state index contributed by atoms with van der Waals surface area (Å²) in [6.45, 7) is 12.6. The molecule has 0 aromatic rings. The fraction of sp³-hybridized carbons (Fsp3) is 1.00. The Labute approximate surface area is 114 Å². The second kappa shape index (κ2) is 7.49. The molecule has 1 fully saturated rings. The molecule has 2 N–H and O–H groups in total. The molecule has 1 aliphatic rings. The van der Waals surface area contributed by atoms with Crippen molar-refractivity contribution >= 4 is 0 Å². The molecule has 0 aromatic heterocycles. The number of nitrogens with two attached hydrogens (primary N) is 1. The summed E-state index contributed by atoms with van der Waals surface area (Å²) in [6.07, 6.45) is 7.96. The fourth-order valence-electron chi connectivity index (χ4n) is 3.57. The average molecular weight is 254 g/mol. The molecule has 0 spiro atoms. The van der Waals surface area contributed by atoms with Gasteiger partial charge in [0.15, 0.2) is 0 Å². The normalized spacial score (nSPS) is 30.7. The second-order valence-corrected chi connectivity index (χ2v) is 6.54. The minimum absolute atomic E-state index is 0.309. The van der Waals surface area contributed by atoms with Crippen molar-refractivity contribution in [2.45, 2.75) is 71.8 Å². The van der Waals surface area contributed by atoms with Crippen LogP contribution in [0.1, 0.15) is 66.2 Å². The average Bonchev–Trinajstić information content (AvgIpc) is 2.38. The molecule has 1 rings (SSSR count). The van der Waals surface area contributed by atoms with Gasteiger partial charge in [-0.3, -0.25) is 4.90 Å². The van der Waals surface area contributed by atoms with Gasteiger partial charge in [0.2, 0.25) is 0 Å². The first-order valence-electron chi connectivity index (χ1n) is 8.03. The zero-order valence-corrected chi connectivity index (χ0v) is 13.0. The molecule has 0 radical (unpaired) electrons. The van der Waals surface area contributed by atoms with Gasteiger partial charge in [-0.05, 0) is 50.5 Å². The van der Waals surface area contributed by atoms with E-state index in [-0.39, 0.29) is 0 Å². The van der Waals surface area contributed by atoms with Crippen molar-refractivity contribution in [3.8, 4) is 0 Å². The zero-order chi connectivity index (χ0) is 13.6.